The number of aromatic nitrogens is 2. The van der Waals surface area contributed by atoms with E-state index in [2.05, 4.69) is 5.10 Å². The third-order valence-corrected chi connectivity index (χ3v) is 3.38. The molecule has 0 saturated heterocycles. The Balaban J connectivity index is 2.30. The van der Waals surface area contributed by atoms with E-state index in [1.54, 1.807) is 22.1 Å². The summed E-state index contributed by atoms with van der Waals surface area (Å²) in [6.45, 7) is 1.96. The number of thiophene rings is 1. The second kappa shape index (κ2) is 4.55. The maximum Gasteiger partial charge on any atom is 0.328 e. The average molecular weight is 248 g/mol. The summed E-state index contributed by atoms with van der Waals surface area (Å²) in [7, 11) is 1.88. The number of carboxylic acid groups (broad SMARTS) is 1. The number of carboxylic acids is 1. The molecule has 5 heteroatoms. The molecule has 0 bridgehead atoms. The van der Waals surface area contributed by atoms with Crippen LogP contribution in [0.5, 0.6) is 0 Å². The summed E-state index contributed by atoms with van der Waals surface area (Å²) < 4.78 is 1.77. The first-order chi connectivity index (χ1) is 8.06. The predicted molar refractivity (Wildman–Crippen MR) is 67.9 cm³/mol. The second-order valence-corrected chi connectivity index (χ2v) is 4.79. The Morgan fingerprint density at radius 2 is 2.29 bits per heavy atom. The number of carbonyl (C=O) groups is 1. The van der Waals surface area contributed by atoms with E-state index in [1.807, 2.05) is 32.3 Å². The van der Waals surface area contributed by atoms with Gasteiger partial charge in [-0.15, -0.1) is 11.3 Å². The fourth-order valence-electron chi connectivity index (χ4n) is 1.58. The molecule has 2 aromatic heterocycles. The van der Waals surface area contributed by atoms with Crippen molar-refractivity contribution in [1.29, 1.82) is 0 Å². The molecule has 0 spiro atoms. The van der Waals surface area contributed by atoms with Crippen molar-refractivity contribution in [1.82, 2.24) is 9.78 Å². The van der Waals surface area contributed by atoms with Crippen LogP contribution in [0.3, 0.4) is 0 Å². The van der Waals surface area contributed by atoms with E-state index in [4.69, 9.17) is 5.11 Å². The van der Waals surface area contributed by atoms with Crippen LogP contribution < -0.4 is 0 Å². The largest absolute Gasteiger partial charge is 0.478 e. The van der Waals surface area contributed by atoms with Gasteiger partial charge in [0.15, 0.2) is 0 Å². The van der Waals surface area contributed by atoms with Crippen molar-refractivity contribution in [3.05, 3.63) is 35.0 Å². The first kappa shape index (κ1) is 11.6. The number of aryl methyl sites for hydroxylation is 2. The number of aliphatic carboxylic acids is 1. The van der Waals surface area contributed by atoms with Gasteiger partial charge in [0.2, 0.25) is 0 Å². The van der Waals surface area contributed by atoms with Gasteiger partial charge in [0.25, 0.3) is 0 Å². The summed E-state index contributed by atoms with van der Waals surface area (Å²) >= 11 is 1.55. The highest BCUT2D eigenvalue weighted by atomic mass is 32.1. The van der Waals surface area contributed by atoms with Gasteiger partial charge in [0, 0.05) is 34.6 Å². The molecule has 0 aliphatic carbocycles. The van der Waals surface area contributed by atoms with Crippen LogP contribution in [-0.4, -0.2) is 20.9 Å². The summed E-state index contributed by atoms with van der Waals surface area (Å²) in [6, 6.07) is 3.89. The van der Waals surface area contributed by atoms with Gasteiger partial charge in [0.1, 0.15) is 0 Å². The van der Waals surface area contributed by atoms with E-state index in [0.717, 1.165) is 27.1 Å². The lowest BCUT2D eigenvalue weighted by atomic mass is 10.2. The molecule has 0 fully saturated rings. The van der Waals surface area contributed by atoms with Crippen LogP contribution in [0, 0.1) is 6.92 Å². The monoisotopic (exact) mass is 248 g/mol. The molecule has 17 heavy (non-hydrogen) atoms. The predicted octanol–water partition coefficient (Wildman–Crippen LogP) is 2.55. The van der Waals surface area contributed by atoms with Crippen molar-refractivity contribution in [2.24, 2.45) is 7.05 Å². The minimum absolute atomic E-state index is 0.922. The van der Waals surface area contributed by atoms with Crippen LogP contribution in [0.25, 0.3) is 16.5 Å². The zero-order valence-electron chi connectivity index (χ0n) is 9.54. The van der Waals surface area contributed by atoms with Crippen LogP contribution in [0.1, 0.15) is 10.6 Å². The Morgan fingerprint density at radius 3 is 2.88 bits per heavy atom. The summed E-state index contributed by atoms with van der Waals surface area (Å²) in [5, 5.41) is 12.8. The Kier molecular flexibility index (Phi) is 3.10. The number of rotatable bonds is 3. The topological polar surface area (TPSA) is 55.1 Å². The van der Waals surface area contributed by atoms with Crippen molar-refractivity contribution in [2.75, 3.05) is 0 Å². The molecule has 88 valence electrons. The molecule has 2 rings (SSSR count). The van der Waals surface area contributed by atoms with Crippen LogP contribution in [0.15, 0.2) is 24.4 Å². The molecular formula is C12H12N2O2S. The molecule has 0 aromatic carbocycles. The van der Waals surface area contributed by atoms with Gasteiger partial charge in [-0.05, 0) is 25.1 Å². The van der Waals surface area contributed by atoms with E-state index in [-0.39, 0.29) is 0 Å². The fourth-order valence-corrected chi connectivity index (χ4v) is 2.55. The SMILES string of the molecule is Cc1nn(C)cc1-c1ccc(/C=C/C(=O)O)s1. The lowest BCUT2D eigenvalue weighted by Crippen LogP contribution is -1.86. The smallest absolute Gasteiger partial charge is 0.328 e. The average Bonchev–Trinajstić information content (AvgIpc) is 2.82. The zero-order valence-corrected chi connectivity index (χ0v) is 10.4. The third-order valence-electron chi connectivity index (χ3n) is 2.30. The maximum atomic E-state index is 10.4. The molecular weight excluding hydrogens is 236 g/mol. The van der Waals surface area contributed by atoms with E-state index >= 15 is 0 Å². The minimum atomic E-state index is -0.933. The number of nitrogens with zero attached hydrogens (tertiary/aromatic N) is 2. The lowest BCUT2D eigenvalue weighted by molar-refractivity contribution is -0.131. The van der Waals surface area contributed by atoms with Crippen LogP contribution in [0.4, 0.5) is 0 Å². The van der Waals surface area contributed by atoms with Crippen LogP contribution in [-0.2, 0) is 11.8 Å². The molecule has 0 aliphatic heterocycles. The van der Waals surface area contributed by atoms with Gasteiger partial charge in [-0.2, -0.15) is 5.10 Å². The summed E-state index contributed by atoms with van der Waals surface area (Å²) in [5.41, 5.74) is 2.07. The first-order valence-electron chi connectivity index (χ1n) is 5.08. The van der Waals surface area contributed by atoms with Crippen LogP contribution in [0.2, 0.25) is 0 Å². The van der Waals surface area contributed by atoms with Gasteiger partial charge in [0.05, 0.1) is 5.69 Å². The minimum Gasteiger partial charge on any atom is -0.478 e. The van der Waals surface area contributed by atoms with Crippen LogP contribution >= 0.6 is 11.3 Å². The van der Waals surface area contributed by atoms with E-state index < -0.39 is 5.97 Å². The Morgan fingerprint density at radius 1 is 1.53 bits per heavy atom. The highest BCUT2D eigenvalue weighted by Gasteiger charge is 2.07. The normalized spacial score (nSPS) is 11.2. The molecule has 0 radical (unpaired) electrons. The van der Waals surface area contributed by atoms with Gasteiger partial charge in [-0.3, -0.25) is 4.68 Å². The Hall–Kier alpha value is -1.88. The molecule has 0 atom stereocenters. The number of hydrogen-bond acceptors (Lipinski definition) is 3. The molecule has 1 N–H and O–H groups in total. The standard InChI is InChI=1S/C12H12N2O2S/c1-8-10(7-14(2)13-8)11-5-3-9(17-11)4-6-12(15)16/h3-7H,1-2H3,(H,15,16)/b6-4+. The maximum absolute atomic E-state index is 10.4. The third kappa shape index (κ3) is 2.62. The highest BCUT2D eigenvalue weighted by molar-refractivity contribution is 7.16. The fraction of sp³-hybridized carbons (Fsp3) is 0.167. The molecule has 0 saturated carbocycles. The molecule has 0 unspecified atom stereocenters. The van der Waals surface area contributed by atoms with Gasteiger partial charge < -0.3 is 5.11 Å². The summed E-state index contributed by atoms with van der Waals surface area (Å²) in [4.78, 5) is 12.4. The van der Waals surface area contributed by atoms with Crippen molar-refractivity contribution < 1.29 is 9.90 Å². The molecule has 0 amide bonds. The van der Waals surface area contributed by atoms with E-state index in [0.29, 0.717) is 0 Å². The Labute approximate surface area is 103 Å². The lowest BCUT2D eigenvalue weighted by Gasteiger charge is -1.91. The molecule has 4 nitrogen and oxygen atoms in total. The highest BCUT2D eigenvalue weighted by Crippen LogP contribution is 2.30. The summed E-state index contributed by atoms with van der Waals surface area (Å²) in [5.74, 6) is -0.933. The Bertz CT molecular complexity index is 581. The van der Waals surface area contributed by atoms with Crippen molar-refractivity contribution in [2.45, 2.75) is 6.92 Å². The van der Waals surface area contributed by atoms with Crippen molar-refractivity contribution in [3.8, 4) is 10.4 Å². The summed E-state index contributed by atoms with van der Waals surface area (Å²) in [6.07, 6.45) is 4.71. The quantitative estimate of drug-likeness (QED) is 0.849. The molecule has 2 aromatic rings. The van der Waals surface area contributed by atoms with Crippen molar-refractivity contribution in [3.63, 3.8) is 0 Å². The second-order valence-electron chi connectivity index (χ2n) is 3.68. The van der Waals surface area contributed by atoms with Crippen molar-refractivity contribution >= 4 is 23.4 Å². The van der Waals surface area contributed by atoms with Gasteiger partial charge in [-0.1, -0.05) is 0 Å². The molecule has 0 aliphatic rings. The number of hydrogen-bond donors (Lipinski definition) is 1. The van der Waals surface area contributed by atoms with Gasteiger partial charge >= 0.3 is 5.97 Å². The van der Waals surface area contributed by atoms with E-state index in [1.165, 1.54) is 0 Å². The zero-order chi connectivity index (χ0) is 12.4. The van der Waals surface area contributed by atoms with E-state index in [9.17, 15) is 4.79 Å². The molecule has 2 heterocycles. The first-order valence-corrected chi connectivity index (χ1v) is 5.89. The van der Waals surface area contributed by atoms with Gasteiger partial charge in [-0.25, -0.2) is 4.79 Å².